The molecule has 0 unspecified atom stereocenters. The monoisotopic (exact) mass is 304 g/mol. The predicted molar refractivity (Wildman–Crippen MR) is 82.1 cm³/mol. The largest absolute Gasteiger partial charge is 0.483 e. The summed E-state index contributed by atoms with van der Waals surface area (Å²) in [5, 5.41) is 0.542. The van der Waals surface area contributed by atoms with Gasteiger partial charge in [0, 0.05) is 30.8 Å². The van der Waals surface area contributed by atoms with E-state index in [0.29, 0.717) is 23.2 Å². The molecule has 1 aliphatic rings. The zero-order valence-electron chi connectivity index (χ0n) is 12.0. The number of nitrogens with two attached hydrogens (primary N) is 1. The average molecular weight is 305 g/mol. The first kappa shape index (κ1) is 14.2. The summed E-state index contributed by atoms with van der Waals surface area (Å²) >= 11 is 6.01. The van der Waals surface area contributed by atoms with Crippen LogP contribution in [0.2, 0.25) is 5.02 Å². The van der Waals surface area contributed by atoms with Crippen LogP contribution in [0.15, 0.2) is 30.5 Å². The number of pyridine rings is 1. The number of hydrogen-bond acceptors (Lipinski definition) is 4. The Labute approximate surface area is 128 Å². The highest BCUT2D eigenvalue weighted by Crippen LogP contribution is 2.43. The summed E-state index contributed by atoms with van der Waals surface area (Å²) in [5.74, 6) is 1.91. The van der Waals surface area contributed by atoms with Gasteiger partial charge >= 0.3 is 0 Å². The first-order valence-electron chi connectivity index (χ1n) is 6.82. The number of benzene rings is 1. The molecule has 2 aromatic rings. The fourth-order valence-corrected chi connectivity index (χ4v) is 2.63. The van der Waals surface area contributed by atoms with E-state index in [-0.39, 0.29) is 5.60 Å². The molecule has 5 heteroatoms. The van der Waals surface area contributed by atoms with Crippen molar-refractivity contribution in [3.05, 3.63) is 46.6 Å². The second kappa shape index (κ2) is 5.20. The third-order valence-corrected chi connectivity index (χ3v) is 3.74. The van der Waals surface area contributed by atoms with E-state index < -0.39 is 0 Å². The van der Waals surface area contributed by atoms with Gasteiger partial charge in [-0.1, -0.05) is 23.7 Å². The predicted octanol–water partition coefficient (Wildman–Crippen LogP) is 3.70. The van der Waals surface area contributed by atoms with Gasteiger partial charge in [0.25, 0.3) is 0 Å². The average Bonchev–Trinajstić information content (AvgIpc) is 2.76. The minimum absolute atomic E-state index is 0.211. The quantitative estimate of drug-likeness (QED) is 0.939. The Morgan fingerprint density at radius 1 is 1.43 bits per heavy atom. The van der Waals surface area contributed by atoms with Crippen molar-refractivity contribution in [2.75, 3.05) is 0 Å². The van der Waals surface area contributed by atoms with Crippen molar-refractivity contribution in [2.45, 2.75) is 32.4 Å². The molecule has 4 nitrogen and oxygen atoms in total. The highest BCUT2D eigenvalue weighted by atomic mass is 35.5. The van der Waals surface area contributed by atoms with Crippen LogP contribution < -0.4 is 15.2 Å². The molecule has 0 spiro atoms. The number of aromatic nitrogens is 1. The molecular weight excluding hydrogens is 288 g/mol. The molecule has 3 rings (SSSR count). The van der Waals surface area contributed by atoms with E-state index in [1.165, 1.54) is 0 Å². The third-order valence-electron chi connectivity index (χ3n) is 3.40. The third kappa shape index (κ3) is 2.82. The number of hydrogen-bond donors (Lipinski definition) is 1. The maximum absolute atomic E-state index is 6.01. The van der Waals surface area contributed by atoms with Crippen LogP contribution >= 0.6 is 11.6 Å². The van der Waals surface area contributed by atoms with Crippen molar-refractivity contribution in [3.63, 3.8) is 0 Å². The second-order valence-electron chi connectivity index (χ2n) is 5.70. The number of rotatable bonds is 3. The van der Waals surface area contributed by atoms with E-state index in [0.717, 1.165) is 23.3 Å². The van der Waals surface area contributed by atoms with Crippen molar-refractivity contribution >= 4 is 11.6 Å². The summed E-state index contributed by atoms with van der Waals surface area (Å²) in [6, 6.07) is 7.64. The van der Waals surface area contributed by atoms with Gasteiger partial charge in [0.15, 0.2) is 11.5 Å². The summed E-state index contributed by atoms with van der Waals surface area (Å²) in [4.78, 5) is 4.18. The number of fused-ring (bicyclic) bond motifs is 1. The SMILES string of the molecule is CC1(C)Cc2cccc(Oc3cc(CN)c(Cl)cn3)c2O1. The normalized spacial score (nSPS) is 15.4. The van der Waals surface area contributed by atoms with E-state index in [1.807, 2.05) is 12.1 Å². The molecule has 1 aliphatic heterocycles. The number of halogens is 1. The molecule has 110 valence electrons. The van der Waals surface area contributed by atoms with Gasteiger partial charge in [0.2, 0.25) is 5.88 Å². The minimum Gasteiger partial charge on any atom is -0.483 e. The lowest BCUT2D eigenvalue weighted by Crippen LogP contribution is -2.24. The lowest BCUT2D eigenvalue weighted by molar-refractivity contribution is 0.135. The van der Waals surface area contributed by atoms with Crippen molar-refractivity contribution < 1.29 is 9.47 Å². The summed E-state index contributed by atoms with van der Waals surface area (Å²) in [6.45, 7) is 4.46. The van der Waals surface area contributed by atoms with Crippen LogP contribution in [0.25, 0.3) is 0 Å². The van der Waals surface area contributed by atoms with Crippen LogP contribution in [0.3, 0.4) is 0 Å². The molecule has 0 bridgehead atoms. The van der Waals surface area contributed by atoms with Crippen molar-refractivity contribution in [2.24, 2.45) is 5.73 Å². The Bertz CT molecular complexity index is 686. The number of para-hydroxylation sites is 1. The first-order valence-corrected chi connectivity index (χ1v) is 7.19. The number of nitrogens with zero attached hydrogens (tertiary/aromatic N) is 1. The van der Waals surface area contributed by atoms with Gasteiger partial charge in [-0.2, -0.15) is 0 Å². The van der Waals surface area contributed by atoms with Gasteiger partial charge < -0.3 is 15.2 Å². The topological polar surface area (TPSA) is 57.4 Å². The molecule has 0 saturated carbocycles. The molecular formula is C16H17ClN2O2. The van der Waals surface area contributed by atoms with Crippen LogP contribution in [0.5, 0.6) is 17.4 Å². The van der Waals surface area contributed by atoms with Crippen molar-refractivity contribution in [1.29, 1.82) is 0 Å². The van der Waals surface area contributed by atoms with Crippen LogP contribution in [-0.4, -0.2) is 10.6 Å². The van der Waals surface area contributed by atoms with Gasteiger partial charge in [0.1, 0.15) is 5.60 Å². The van der Waals surface area contributed by atoms with Crippen LogP contribution in [0.1, 0.15) is 25.0 Å². The zero-order chi connectivity index (χ0) is 15.0. The molecule has 0 fully saturated rings. The summed E-state index contributed by atoms with van der Waals surface area (Å²) in [5.41, 5.74) is 7.38. The van der Waals surface area contributed by atoms with Crippen LogP contribution in [0, 0.1) is 0 Å². The molecule has 1 aromatic carbocycles. The summed E-state index contributed by atoms with van der Waals surface area (Å²) in [6.07, 6.45) is 2.41. The molecule has 0 atom stereocenters. The van der Waals surface area contributed by atoms with E-state index in [9.17, 15) is 0 Å². The fraction of sp³-hybridized carbons (Fsp3) is 0.312. The molecule has 2 N–H and O–H groups in total. The standard InChI is InChI=1S/C16H17ClN2O2/c1-16(2)7-10-4-3-5-13(15(10)21-16)20-14-6-11(8-18)12(17)9-19-14/h3-6,9H,7-8,18H2,1-2H3. The Hall–Kier alpha value is -1.78. The molecule has 0 aliphatic carbocycles. The van der Waals surface area contributed by atoms with Gasteiger partial charge in [-0.05, 0) is 25.5 Å². The fourth-order valence-electron chi connectivity index (χ4n) is 2.45. The van der Waals surface area contributed by atoms with Crippen molar-refractivity contribution in [1.82, 2.24) is 4.98 Å². The van der Waals surface area contributed by atoms with E-state index in [4.69, 9.17) is 26.8 Å². The zero-order valence-corrected chi connectivity index (χ0v) is 12.8. The van der Waals surface area contributed by atoms with Gasteiger partial charge in [0.05, 0.1) is 5.02 Å². The summed E-state index contributed by atoms with van der Waals surface area (Å²) < 4.78 is 11.8. The first-order chi connectivity index (χ1) is 9.98. The van der Waals surface area contributed by atoms with Crippen molar-refractivity contribution in [3.8, 4) is 17.4 Å². The Morgan fingerprint density at radius 2 is 2.24 bits per heavy atom. The minimum atomic E-state index is -0.211. The summed E-state index contributed by atoms with van der Waals surface area (Å²) in [7, 11) is 0. The molecule has 1 aromatic heterocycles. The van der Waals surface area contributed by atoms with E-state index >= 15 is 0 Å². The van der Waals surface area contributed by atoms with Gasteiger partial charge in [-0.25, -0.2) is 4.98 Å². The van der Waals surface area contributed by atoms with Gasteiger partial charge in [-0.3, -0.25) is 0 Å². The second-order valence-corrected chi connectivity index (χ2v) is 6.11. The Balaban J connectivity index is 1.92. The maximum atomic E-state index is 6.01. The lowest BCUT2D eigenvalue weighted by atomic mass is 10.0. The van der Waals surface area contributed by atoms with Crippen LogP contribution in [0.4, 0.5) is 0 Å². The highest BCUT2D eigenvalue weighted by molar-refractivity contribution is 6.31. The molecule has 0 saturated heterocycles. The maximum Gasteiger partial charge on any atom is 0.219 e. The van der Waals surface area contributed by atoms with Gasteiger partial charge in [-0.15, -0.1) is 0 Å². The Kier molecular flexibility index (Phi) is 3.51. The highest BCUT2D eigenvalue weighted by Gasteiger charge is 2.32. The molecule has 21 heavy (non-hydrogen) atoms. The van der Waals surface area contributed by atoms with E-state index in [2.05, 4.69) is 24.9 Å². The lowest BCUT2D eigenvalue weighted by Gasteiger charge is -2.18. The number of ether oxygens (including phenoxy) is 2. The smallest absolute Gasteiger partial charge is 0.219 e. The van der Waals surface area contributed by atoms with E-state index in [1.54, 1.807) is 12.3 Å². The van der Waals surface area contributed by atoms with Crippen LogP contribution in [-0.2, 0) is 13.0 Å². The molecule has 0 radical (unpaired) electrons. The molecule has 0 amide bonds. The Morgan fingerprint density at radius 3 is 3.00 bits per heavy atom. The molecule has 2 heterocycles.